The third-order valence-corrected chi connectivity index (χ3v) is 4.03. The summed E-state index contributed by atoms with van der Waals surface area (Å²) in [5.41, 5.74) is 2.41. The zero-order valence-corrected chi connectivity index (χ0v) is 10.9. The van der Waals surface area contributed by atoms with Crippen molar-refractivity contribution >= 4 is 5.91 Å². The van der Waals surface area contributed by atoms with Crippen molar-refractivity contribution in [2.24, 2.45) is 5.73 Å². The molecule has 1 aliphatic carbocycles. The molecule has 1 heterocycles. The van der Waals surface area contributed by atoms with Gasteiger partial charge in [-0.1, -0.05) is 12.8 Å². The van der Waals surface area contributed by atoms with Gasteiger partial charge in [0.2, 0.25) is 0 Å². The van der Waals surface area contributed by atoms with Gasteiger partial charge in [0.1, 0.15) is 0 Å². The van der Waals surface area contributed by atoms with E-state index >= 15 is 0 Å². The molecule has 2 aliphatic rings. The number of rotatable bonds is 1. The Hall–Kier alpha value is -0.820. The number of nitrogens with two attached hydrogens (primary N) is 1. The van der Waals surface area contributed by atoms with Crippen LogP contribution in [0.3, 0.4) is 0 Å². The second kappa shape index (κ2) is 4.94. The van der Waals surface area contributed by atoms with E-state index in [2.05, 4.69) is 0 Å². The molecule has 0 aromatic carbocycles. The average Bonchev–Trinajstić information content (AvgIpc) is 2.36. The Morgan fingerprint density at radius 2 is 1.95 bits per heavy atom. The Morgan fingerprint density at radius 3 is 2.58 bits per heavy atom. The predicted octanol–water partition coefficient (Wildman–Crippen LogP) is 1.44. The lowest BCUT2D eigenvalue weighted by Gasteiger charge is -2.46. The summed E-state index contributed by atoms with van der Waals surface area (Å²) in [6.07, 6.45) is -1.52. The first-order valence-electron chi connectivity index (χ1n) is 6.53. The molecule has 7 heteroatoms. The van der Waals surface area contributed by atoms with Crippen molar-refractivity contribution in [3.63, 3.8) is 0 Å². The lowest BCUT2D eigenvalue weighted by Crippen LogP contribution is -2.67. The van der Waals surface area contributed by atoms with E-state index in [9.17, 15) is 18.0 Å². The van der Waals surface area contributed by atoms with Crippen molar-refractivity contribution in [3.8, 4) is 0 Å². The Morgan fingerprint density at radius 1 is 1.32 bits per heavy atom. The highest BCUT2D eigenvalue weighted by Crippen LogP contribution is 2.34. The van der Waals surface area contributed by atoms with Gasteiger partial charge in [-0.25, -0.2) is 0 Å². The summed E-state index contributed by atoms with van der Waals surface area (Å²) in [5, 5.41) is 0. The molecular weight excluding hydrogens is 261 g/mol. The van der Waals surface area contributed by atoms with Crippen molar-refractivity contribution in [3.05, 3.63) is 0 Å². The van der Waals surface area contributed by atoms with Gasteiger partial charge in [-0.05, 0) is 19.8 Å². The van der Waals surface area contributed by atoms with Gasteiger partial charge < -0.3 is 15.4 Å². The zero-order chi connectivity index (χ0) is 14.3. The molecule has 3 unspecified atom stereocenters. The number of nitrogens with zero attached hydrogens (tertiary/aromatic N) is 1. The first kappa shape index (κ1) is 14.6. The van der Waals surface area contributed by atoms with Crippen LogP contribution < -0.4 is 5.73 Å². The third-order valence-electron chi connectivity index (χ3n) is 4.03. The maximum Gasteiger partial charge on any atom is 0.415 e. The fraction of sp³-hybridized carbons (Fsp3) is 0.917. The molecule has 2 fully saturated rings. The first-order valence-corrected chi connectivity index (χ1v) is 6.53. The molecule has 2 rings (SSSR count). The average molecular weight is 280 g/mol. The summed E-state index contributed by atoms with van der Waals surface area (Å²) in [4.78, 5) is 13.4. The molecule has 0 spiro atoms. The predicted molar refractivity (Wildman–Crippen MR) is 62.4 cm³/mol. The Balaban J connectivity index is 2.18. The molecule has 110 valence electrons. The lowest BCUT2D eigenvalue weighted by atomic mass is 9.88. The smallest absolute Gasteiger partial charge is 0.374 e. The van der Waals surface area contributed by atoms with Gasteiger partial charge in [0.05, 0.1) is 18.8 Å². The number of carbonyl (C=O) groups excluding carboxylic acids is 1. The monoisotopic (exact) mass is 280 g/mol. The topological polar surface area (TPSA) is 55.6 Å². The molecule has 0 radical (unpaired) electrons. The van der Waals surface area contributed by atoms with E-state index in [4.69, 9.17) is 10.5 Å². The van der Waals surface area contributed by atoms with E-state index < -0.39 is 17.6 Å². The molecule has 1 saturated heterocycles. The number of halogens is 3. The summed E-state index contributed by atoms with van der Waals surface area (Å²) in [6.45, 7) is 1.20. The molecule has 0 bridgehead atoms. The number of morpholine rings is 1. The fourth-order valence-electron chi connectivity index (χ4n) is 2.77. The minimum Gasteiger partial charge on any atom is -0.374 e. The molecule has 0 aromatic heterocycles. The van der Waals surface area contributed by atoms with Gasteiger partial charge in [0.25, 0.3) is 5.91 Å². The van der Waals surface area contributed by atoms with Crippen LogP contribution in [0.5, 0.6) is 0 Å². The second-order valence-corrected chi connectivity index (χ2v) is 5.46. The van der Waals surface area contributed by atoms with Gasteiger partial charge in [-0.15, -0.1) is 0 Å². The molecule has 0 aromatic rings. The van der Waals surface area contributed by atoms with Crippen LogP contribution in [0.1, 0.15) is 32.6 Å². The van der Waals surface area contributed by atoms with Crippen LogP contribution in [0.25, 0.3) is 0 Å². The standard InChI is InChI=1S/C12H19F3N2O2/c1-11(16,12(13,14)15)10(18)17-6-7-19-9-5-3-2-4-8(9)17/h8-9H,2-7,16H2,1H3. The summed E-state index contributed by atoms with van der Waals surface area (Å²) in [6, 6.07) is -0.264. The van der Waals surface area contributed by atoms with Crippen LogP contribution in [0.2, 0.25) is 0 Å². The van der Waals surface area contributed by atoms with Crippen LogP contribution in [0, 0.1) is 0 Å². The highest BCUT2D eigenvalue weighted by molar-refractivity contribution is 5.87. The number of fused-ring (bicyclic) bond motifs is 1. The lowest BCUT2D eigenvalue weighted by molar-refractivity contribution is -0.201. The summed E-state index contributed by atoms with van der Waals surface area (Å²) < 4.78 is 44.1. The Kier molecular flexibility index (Phi) is 3.79. The van der Waals surface area contributed by atoms with Gasteiger partial charge in [0.15, 0.2) is 5.54 Å². The number of carbonyl (C=O) groups is 1. The summed E-state index contributed by atoms with van der Waals surface area (Å²) >= 11 is 0. The minimum absolute atomic E-state index is 0.143. The number of ether oxygens (including phenoxy) is 1. The normalized spacial score (nSPS) is 31.5. The molecule has 19 heavy (non-hydrogen) atoms. The van der Waals surface area contributed by atoms with Crippen LogP contribution >= 0.6 is 0 Å². The Labute approximate surface area is 110 Å². The molecule has 2 N–H and O–H groups in total. The molecule has 1 saturated carbocycles. The molecule has 1 amide bonds. The van der Waals surface area contributed by atoms with Gasteiger partial charge in [-0.2, -0.15) is 13.2 Å². The molecule has 1 aliphatic heterocycles. The van der Waals surface area contributed by atoms with Gasteiger partial charge in [-0.3, -0.25) is 4.79 Å². The van der Waals surface area contributed by atoms with E-state index in [1.807, 2.05) is 0 Å². The van der Waals surface area contributed by atoms with Gasteiger partial charge >= 0.3 is 6.18 Å². The van der Waals surface area contributed by atoms with E-state index in [-0.39, 0.29) is 25.3 Å². The van der Waals surface area contributed by atoms with Crippen LogP contribution in [0.4, 0.5) is 13.2 Å². The number of hydrogen-bond donors (Lipinski definition) is 1. The fourth-order valence-corrected chi connectivity index (χ4v) is 2.77. The van der Waals surface area contributed by atoms with Gasteiger partial charge in [0, 0.05) is 6.54 Å². The van der Waals surface area contributed by atoms with Crippen molar-refractivity contribution in [1.82, 2.24) is 4.90 Å². The SMILES string of the molecule is CC(N)(C(=O)N1CCOC2CCCCC21)C(F)(F)F. The Bertz CT molecular complexity index is 355. The minimum atomic E-state index is -4.74. The van der Waals surface area contributed by atoms with Crippen LogP contribution in [-0.2, 0) is 9.53 Å². The van der Waals surface area contributed by atoms with Crippen LogP contribution in [-0.4, -0.2) is 47.8 Å². The maximum atomic E-state index is 12.9. The van der Waals surface area contributed by atoms with Crippen molar-refractivity contribution in [2.45, 2.75) is 56.5 Å². The number of hydrogen-bond acceptors (Lipinski definition) is 3. The highest BCUT2D eigenvalue weighted by Gasteiger charge is 2.56. The quantitative estimate of drug-likeness (QED) is 0.790. The number of amides is 1. The van der Waals surface area contributed by atoms with Crippen LogP contribution in [0.15, 0.2) is 0 Å². The van der Waals surface area contributed by atoms with Crippen molar-refractivity contribution < 1.29 is 22.7 Å². The van der Waals surface area contributed by atoms with E-state index in [0.29, 0.717) is 6.42 Å². The van der Waals surface area contributed by atoms with Crippen molar-refractivity contribution in [2.75, 3.05) is 13.2 Å². The molecule has 3 atom stereocenters. The number of alkyl halides is 3. The molecular formula is C12H19F3N2O2. The summed E-state index contributed by atoms with van der Waals surface area (Å²) in [7, 11) is 0. The first-order chi connectivity index (χ1) is 8.75. The van der Waals surface area contributed by atoms with E-state index in [1.165, 1.54) is 4.90 Å². The maximum absolute atomic E-state index is 12.9. The second-order valence-electron chi connectivity index (χ2n) is 5.46. The highest BCUT2D eigenvalue weighted by atomic mass is 19.4. The van der Waals surface area contributed by atoms with E-state index in [1.54, 1.807) is 0 Å². The zero-order valence-electron chi connectivity index (χ0n) is 10.9. The van der Waals surface area contributed by atoms with Crippen molar-refractivity contribution in [1.29, 1.82) is 0 Å². The largest absolute Gasteiger partial charge is 0.415 e. The molecule has 4 nitrogen and oxygen atoms in total. The third kappa shape index (κ3) is 2.58. The summed E-state index contributed by atoms with van der Waals surface area (Å²) in [5.74, 6) is -1.04. The van der Waals surface area contributed by atoms with E-state index in [0.717, 1.165) is 26.2 Å².